The fraction of sp³-hybridized carbons (Fsp3) is 0.827. The van der Waals surface area contributed by atoms with E-state index in [1.54, 1.807) is 0 Å². The fourth-order valence-corrected chi connectivity index (χ4v) is 10.7. The van der Waals surface area contributed by atoms with Crippen molar-refractivity contribution in [2.45, 2.75) is 386 Å². The van der Waals surface area contributed by atoms with E-state index in [4.69, 9.17) is 14.2 Å². The van der Waals surface area contributed by atoms with Crippen LogP contribution in [0, 0.1) is 0 Å². The molecule has 0 radical (unpaired) electrons. The number of hydrogen-bond donors (Lipinski definition) is 0. The minimum Gasteiger partial charge on any atom is -0.462 e. The molecule has 0 saturated carbocycles. The van der Waals surface area contributed by atoms with Crippen LogP contribution in [0.3, 0.4) is 0 Å². The zero-order valence-corrected chi connectivity index (χ0v) is 54.3. The van der Waals surface area contributed by atoms with Crippen molar-refractivity contribution in [3.05, 3.63) is 60.8 Å². The largest absolute Gasteiger partial charge is 0.462 e. The van der Waals surface area contributed by atoms with Crippen LogP contribution >= 0.6 is 0 Å². The lowest BCUT2D eigenvalue weighted by molar-refractivity contribution is -0.167. The fourth-order valence-electron chi connectivity index (χ4n) is 10.7. The minimum atomic E-state index is -0.775. The topological polar surface area (TPSA) is 78.9 Å². The van der Waals surface area contributed by atoms with E-state index in [2.05, 4.69) is 81.5 Å². The Morgan fingerprint density at radius 2 is 0.481 bits per heavy atom. The zero-order valence-electron chi connectivity index (χ0n) is 54.3. The van der Waals surface area contributed by atoms with E-state index in [0.29, 0.717) is 19.3 Å². The summed E-state index contributed by atoms with van der Waals surface area (Å²) in [4.78, 5) is 38.5. The van der Waals surface area contributed by atoms with Gasteiger partial charge in [0.15, 0.2) is 6.10 Å². The van der Waals surface area contributed by atoms with Crippen LogP contribution in [0.15, 0.2) is 60.8 Å². The van der Waals surface area contributed by atoms with Crippen LogP contribution in [0.5, 0.6) is 0 Å². The molecular formula is C75H136O6. The second-order valence-electron chi connectivity index (χ2n) is 24.1. The van der Waals surface area contributed by atoms with Gasteiger partial charge < -0.3 is 14.2 Å². The lowest BCUT2D eigenvalue weighted by Crippen LogP contribution is -2.30. The average molecular weight is 1130 g/mol. The van der Waals surface area contributed by atoms with Gasteiger partial charge in [-0.3, -0.25) is 14.4 Å². The second kappa shape index (κ2) is 69.6. The number of carbonyl (C=O) groups is 3. The third-order valence-corrected chi connectivity index (χ3v) is 16.0. The van der Waals surface area contributed by atoms with E-state index < -0.39 is 6.10 Å². The van der Waals surface area contributed by atoms with Crippen LogP contribution in [0.2, 0.25) is 0 Å². The SMILES string of the molecule is CC/C=C\C/C=C\C/C=C\C/C=C\C/C=C\CCCCCCCCCCCC(=O)OCC(COC(=O)CCCCCCCCCCCCCCCCC)OC(=O)CCCCCCCCCCCCCCCCCCCCCCCCC. The maximum Gasteiger partial charge on any atom is 0.306 e. The summed E-state index contributed by atoms with van der Waals surface area (Å²) < 4.78 is 17.0. The molecule has 0 saturated heterocycles. The highest BCUT2D eigenvalue weighted by Crippen LogP contribution is 2.19. The van der Waals surface area contributed by atoms with Crippen LogP contribution in [0.1, 0.15) is 380 Å². The molecule has 0 bridgehead atoms. The maximum atomic E-state index is 13.0. The summed E-state index contributed by atoms with van der Waals surface area (Å²) in [7, 11) is 0. The van der Waals surface area contributed by atoms with Gasteiger partial charge in [0.1, 0.15) is 13.2 Å². The van der Waals surface area contributed by atoms with E-state index >= 15 is 0 Å². The Bertz CT molecular complexity index is 1440. The average Bonchev–Trinajstić information content (AvgIpc) is 3.47. The molecule has 0 aromatic heterocycles. The Morgan fingerprint density at radius 3 is 0.753 bits per heavy atom. The molecule has 0 aromatic rings. The van der Waals surface area contributed by atoms with Crippen molar-refractivity contribution in [2.24, 2.45) is 0 Å². The summed E-state index contributed by atoms with van der Waals surface area (Å²) in [6.07, 6.45) is 89.6. The van der Waals surface area contributed by atoms with Gasteiger partial charge >= 0.3 is 17.9 Å². The molecule has 0 heterocycles. The number of unbranched alkanes of at least 4 members (excludes halogenated alkanes) is 45. The molecule has 0 aromatic carbocycles. The molecule has 0 aliphatic heterocycles. The smallest absolute Gasteiger partial charge is 0.306 e. The summed E-state index contributed by atoms with van der Waals surface area (Å²) in [6.45, 7) is 6.60. The van der Waals surface area contributed by atoms with Crippen LogP contribution in [-0.2, 0) is 28.6 Å². The maximum absolute atomic E-state index is 13.0. The highest BCUT2D eigenvalue weighted by atomic mass is 16.6. The quantitative estimate of drug-likeness (QED) is 0.0261. The number of allylic oxidation sites excluding steroid dienone is 10. The molecule has 6 heteroatoms. The van der Waals surface area contributed by atoms with Crippen molar-refractivity contribution in [1.82, 2.24) is 0 Å². The first-order valence-electron chi connectivity index (χ1n) is 35.8. The molecule has 0 fully saturated rings. The lowest BCUT2D eigenvalue weighted by Gasteiger charge is -2.18. The molecular weight excluding hydrogens is 997 g/mol. The molecule has 472 valence electrons. The van der Waals surface area contributed by atoms with Gasteiger partial charge in [-0.1, -0.05) is 358 Å². The summed E-state index contributed by atoms with van der Waals surface area (Å²) in [5.74, 6) is -0.848. The monoisotopic (exact) mass is 1130 g/mol. The molecule has 0 aliphatic rings. The standard InChI is InChI=1S/C75H136O6/c1-4-7-10-13-16-19-22-25-28-30-32-34-36-37-39-40-42-44-47-50-53-56-59-62-65-68-74(77)80-71-72(70-79-73(76)67-64-61-58-55-52-49-46-27-24-21-18-15-12-9-6-3)81-75(78)69-66-63-60-57-54-51-48-45-43-41-38-35-33-31-29-26-23-20-17-14-11-8-5-2/h7,10,16,19,25,28,32,34,37,39,72H,4-6,8-9,11-15,17-18,20-24,26-27,29-31,33,35-36,38,40-71H2,1-3H3/b10-7-,19-16-,28-25-,34-32-,39-37-. The van der Waals surface area contributed by atoms with Gasteiger partial charge in [0.05, 0.1) is 0 Å². The highest BCUT2D eigenvalue weighted by Gasteiger charge is 2.19. The Labute approximate surface area is 504 Å². The lowest BCUT2D eigenvalue weighted by atomic mass is 10.0. The summed E-state index contributed by atoms with van der Waals surface area (Å²) in [5, 5.41) is 0. The van der Waals surface area contributed by atoms with E-state index in [9.17, 15) is 14.4 Å². The Kier molecular flexibility index (Phi) is 67.1. The Morgan fingerprint density at radius 1 is 0.259 bits per heavy atom. The first kappa shape index (κ1) is 78.1. The summed E-state index contributed by atoms with van der Waals surface area (Å²) in [6, 6.07) is 0. The van der Waals surface area contributed by atoms with Gasteiger partial charge in [0.2, 0.25) is 0 Å². The predicted octanol–water partition coefficient (Wildman–Crippen LogP) is 24.7. The second-order valence-corrected chi connectivity index (χ2v) is 24.1. The molecule has 6 nitrogen and oxygen atoms in total. The number of hydrogen-bond acceptors (Lipinski definition) is 6. The molecule has 0 N–H and O–H groups in total. The van der Waals surface area contributed by atoms with Crippen LogP contribution in [-0.4, -0.2) is 37.2 Å². The zero-order chi connectivity index (χ0) is 58.5. The van der Waals surface area contributed by atoms with Gasteiger partial charge in [-0.05, 0) is 64.2 Å². The molecule has 1 atom stereocenters. The highest BCUT2D eigenvalue weighted by molar-refractivity contribution is 5.71. The Hall–Kier alpha value is -2.89. The van der Waals surface area contributed by atoms with Crippen molar-refractivity contribution in [2.75, 3.05) is 13.2 Å². The predicted molar refractivity (Wildman–Crippen MR) is 353 cm³/mol. The number of ether oxygens (including phenoxy) is 3. The third kappa shape index (κ3) is 67.8. The number of carbonyl (C=O) groups excluding carboxylic acids is 3. The first-order chi connectivity index (χ1) is 40.0. The van der Waals surface area contributed by atoms with Crippen molar-refractivity contribution < 1.29 is 28.6 Å². The van der Waals surface area contributed by atoms with Gasteiger partial charge in [-0.2, -0.15) is 0 Å². The van der Waals surface area contributed by atoms with Crippen molar-refractivity contribution in [1.29, 1.82) is 0 Å². The first-order valence-corrected chi connectivity index (χ1v) is 35.8. The van der Waals surface area contributed by atoms with Gasteiger partial charge in [-0.25, -0.2) is 0 Å². The molecule has 0 aliphatic carbocycles. The molecule has 81 heavy (non-hydrogen) atoms. The van der Waals surface area contributed by atoms with E-state index in [0.717, 1.165) is 96.3 Å². The van der Waals surface area contributed by atoms with Crippen molar-refractivity contribution in [3.8, 4) is 0 Å². The van der Waals surface area contributed by atoms with Crippen LogP contribution in [0.4, 0.5) is 0 Å². The van der Waals surface area contributed by atoms with E-state index in [-0.39, 0.29) is 31.1 Å². The number of esters is 3. The Balaban J connectivity index is 4.30. The molecule has 1 unspecified atom stereocenters. The van der Waals surface area contributed by atoms with Gasteiger partial charge in [0.25, 0.3) is 0 Å². The number of rotatable bonds is 66. The molecule has 0 spiro atoms. The third-order valence-electron chi connectivity index (χ3n) is 16.0. The van der Waals surface area contributed by atoms with Crippen molar-refractivity contribution >= 4 is 17.9 Å². The van der Waals surface area contributed by atoms with Gasteiger partial charge in [-0.15, -0.1) is 0 Å². The van der Waals surface area contributed by atoms with Crippen LogP contribution in [0.25, 0.3) is 0 Å². The van der Waals surface area contributed by atoms with Crippen molar-refractivity contribution in [3.63, 3.8) is 0 Å². The molecule has 0 rings (SSSR count). The minimum absolute atomic E-state index is 0.0701. The summed E-state index contributed by atoms with van der Waals surface area (Å²) >= 11 is 0. The van der Waals surface area contributed by atoms with Gasteiger partial charge in [0, 0.05) is 19.3 Å². The molecule has 0 amide bonds. The normalized spacial score (nSPS) is 12.4. The van der Waals surface area contributed by atoms with E-state index in [1.807, 2.05) is 0 Å². The van der Waals surface area contributed by atoms with E-state index in [1.165, 1.54) is 244 Å². The van der Waals surface area contributed by atoms with Crippen LogP contribution < -0.4 is 0 Å². The summed E-state index contributed by atoms with van der Waals surface area (Å²) in [5.41, 5.74) is 0.